The number of nitrogens with one attached hydrogen (secondary N) is 1. The Morgan fingerprint density at radius 2 is 2.13 bits per heavy atom. The first kappa shape index (κ1) is 10.4. The molecule has 1 aromatic heterocycles. The number of aromatic amines is 1. The Labute approximate surface area is 88.0 Å². The molecule has 0 saturated heterocycles. The van der Waals surface area contributed by atoms with Crippen LogP contribution in [0.25, 0.3) is 0 Å². The summed E-state index contributed by atoms with van der Waals surface area (Å²) >= 11 is 0. The molecule has 0 amide bonds. The van der Waals surface area contributed by atoms with Crippen LogP contribution in [0.3, 0.4) is 0 Å². The molecule has 0 aromatic carbocycles. The van der Waals surface area contributed by atoms with Crippen molar-refractivity contribution in [3.63, 3.8) is 0 Å². The zero-order valence-electron chi connectivity index (χ0n) is 8.74. The second-order valence-corrected chi connectivity index (χ2v) is 4.29. The lowest BCUT2D eigenvalue weighted by Crippen LogP contribution is -2.28. The summed E-state index contributed by atoms with van der Waals surface area (Å²) in [5.74, 6) is 1.30. The molecule has 0 bridgehead atoms. The average molecular weight is 211 g/mol. The third-order valence-electron chi connectivity index (χ3n) is 3.31. The van der Waals surface area contributed by atoms with E-state index in [-0.39, 0.29) is 0 Å². The van der Waals surface area contributed by atoms with E-state index in [4.69, 9.17) is 5.73 Å². The van der Waals surface area contributed by atoms with Gasteiger partial charge in [0.05, 0.1) is 0 Å². The fourth-order valence-electron chi connectivity index (χ4n) is 2.46. The fraction of sp³-hybridized carbons (Fsp3) is 0.800. The third-order valence-corrected chi connectivity index (χ3v) is 3.31. The molecule has 5 heteroatoms. The van der Waals surface area contributed by atoms with Crippen molar-refractivity contribution < 1.29 is 4.52 Å². The predicted molar refractivity (Wildman–Crippen MR) is 55.3 cm³/mol. The summed E-state index contributed by atoms with van der Waals surface area (Å²) < 4.78 is 4.48. The number of nitrogens with zero attached hydrogens (tertiary/aromatic N) is 1. The zero-order valence-corrected chi connectivity index (χ0v) is 8.74. The Kier molecular flexibility index (Phi) is 3.20. The second-order valence-electron chi connectivity index (χ2n) is 4.29. The molecule has 1 aliphatic carbocycles. The van der Waals surface area contributed by atoms with Crippen LogP contribution in [-0.2, 0) is 6.42 Å². The maximum atomic E-state index is 10.8. The van der Waals surface area contributed by atoms with Gasteiger partial charge in [0.15, 0.2) is 5.82 Å². The maximum absolute atomic E-state index is 10.8. The van der Waals surface area contributed by atoms with Crippen LogP contribution in [0.15, 0.2) is 9.32 Å². The van der Waals surface area contributed by atoms with Crippen LogP contribution in [0.5, 0.6) is 0 Å². The van der Waals surface area contributed by atoms with Crippen LogP contribution in [0.1, 0.15) is 31.5 Å². The minimum Gasteiger partial charge on any atom is -0.330 e. The third kappa shape index (κ3) is 2.47. The number of hydrogen-bond acceptors (Lipinski definition) is 4. The first-order valence-electron chi connectivity index (χ1n) is 5.54. The highest BCUT2D eigenvalue weighted by molar-refractivity contribution is 4.87. The number of rotatable bonds is 3. The highest BCUT2D eigenvalue weighted by Crippen LogP contribution is 2.30. The normalized spacial score (nSPS) is 26.7. The number of nitrogens with two attached hydrogens (primary N) is 1. The van der Waals surface area contributed by atoms with Crippen LogP contribution in [-0.4, -0.2) is 16.7 Å². The van der Waals surface area contributed by atoms with Crippen molar-refractivity contribution in [2.45, 2.75) is 32.1 Å². The minimum absolute atomic E-state index is 0.467. The van der Waals surface area contributed by atoms with Gasteiger partial charge < -0.3 is 5.73 Å². The summed E-state index contributed by atoms with van der Waals surface area (Å²) in [7, 11) is 0. The predicted octanol–water partition coefficient (Wildman–Crippen LogP) is 0.671. The van der Waals surface area contributed by atoms with Crippen molar-refractivity contribution >= 4 is 0 Å². The molecule has 1 heterocycles. The molecule has 84 valence electrons. The van der Waals surface area contributed by atoms with Crippen molar-refractivity contribution in [2.75, 3.05) is 6.54 Å². The Morgan fingerprint density at radius 1 is 1.40 bits per heavy atom. The van der Waals surface area contributed by atoms with E-state index in [0.717, 1.165) is 13.0 Å². The quantitative estimate of drug-likeness (QED) is 0.769. The summed E-state index contributed by atoms with van der Waals surface area (Å²) in [6.45, 7) is 0.729. The Hall–Kier alpha value is -1.10. The van der Waals surface area contributed by atoms with Gasteiger partial charge in [-0.2, -0.15) is 0 Å². The van der Waals surface area contributed by atoms with E-state index in [1.54, 1.807) is 0 Å². The molecule has 0 radical (unpaired) electrons. The smallest absolute Gasteiger partial charge is 0.330 e. The van der Waals surface area contributed by atoms with Gasteiger partial charge in [-0.1, -0.05) is 18.0 Å². The van der Waals surface area contributed by atoms with Crippen molar-refractivity contribution in [1.82, 2.24) is 10.1 Å². The molecular weight excluding hydrogens is 194 g/mol. The number of aromatic nitrogens is 2. The van der Waals surface area contributed by atoms with E-state index in [9.17, 15) is 4.79 Å². The van der Waals surface area contributed by atoms with Crippen molar-refractivity contribution in [2.24, 2.45) is 17.6 Å². The van der Waals surface area contributed by atoms with Gasteiger partial charge in [-0.3, -0.25) is 9.51 Å². The SMILES string of the molecule is NC[C@@H]1CCCC[C@H]1Cc1noc(=O)[nH]1. The van der Waals surface area contributed by atoms with E-state index in [1.165, 1.54) is 25.7 Å². The molecule has 0 aliphatic heterocycles. The molecule has 2 atom stereocenters. The van der Waals surface area contributed by atoms with Gasteiger partial charge in [0.25, 0.3) is 0 Å². The summed E-state index contributed by atoms with van der Waals surface area (Å²) in [6, 6.07) is 0. The molecule has 15 heavy (non-hydrogen) atoms. The minimum atomic E-state index is -0.467. The maximum Gasteiger partial charge on any atom is 0.438 e. The van der Waals surface area contributed by atoms with E-state index in [2.05, 4.69) is 14.7 Å². The first-order chi connectivity index (χ1) is 7.29. The van der Waals surface area contributed by atoms with Crippen molar-refractivity contribution in [3.8, 4) is 0 Å². The standard InChI is InChI=1S/C10H17N3O2/c11-6-8-4-2-1-3-7(8)5-9-12-10(14)15-13-9/h7-8H,1-6,11H2,(H,12,13,14)/t7-,8-/m0/s1. The lowest BCUT2D eigenvalue weighted by molar-refractivity contribution is 0.237. The van der Waals surface area contributed by atoms with Gasteiger partial charge in [-0.15, -0.1) is 0 Å². The van der Waals surface area contributed by atoms with Gasteiger partial charge >= 0.3 is 5.76 Å². The molecular formula is C10H17N3O2. The molecule has 0 spiro atoms. The van der Waals surface area contributed by atoms with E-state index < -0.39 is 5.76 Å². The van der Waals surface area contributed by atoms with Crippen molar-refractivity contribution in [3.05, 3.63) is 16.4 Å². The Balaban J connectivity index is 2.00. The van der Waals surface area contributed by atoms with Crippen LogP contribution < -0.4 is 11.5 Å². The van der Waals surface area contributed by atoms with Gasteiger partial charge in [0.1, 0.15) is 0 Å². The van der Waals surface area contributed by atoms with Crippen LogP contribution in [0.4, 0.5) is 0 Å². The molecule has 1 aliphatic rings. The largest absolute Gasteiger partial charge is 0.438 e. The number of hydrogen-bond donors (Lipinski definition) is 2. The highest BCUT2D eigenvalue weighted by atomic mass is 16.5. The topological polar surface area (TPSA) is 84.9 Å². The second kappa shape index (κ2) is 4.61. The van der Waals surface area contributed by atoms with Crippen LogP contribution in [0.2, 0.25) is 0 Å². The highest BCUT2D eigenvalue weighted by Gasteiger charge is 2.25. The Bertz CT molecular complexity index is 358. The van der Waals surface area contributed by atoms with Crippen LogP contribution >= 0.6 is 0 Å². The van der Waals surface area contributed by atoms with E-state index in [0.29, 0.717) is 17.7 Å². The number of H-pyrrole nitrogens is 1. The summed E-state index contributed by atoms with van der Waals surface area (Å²) in [5.41, 5.74) is 5.74. The zero-order chi connectivity index (χ0) is 10.7. The summed E-state index contributed by atoms with van der Waals surface area (Å²) in [4.78, 5) is 13.4. The van der Waals surface area contributed by atoms with Gasteiger partial charge in [0, 0.05) is 6.42 Å². The molecule has 1 fully saturated rings. The molecule has 3 N–H and O–H groups in total. The molecule has 0 unspecified atom stereocenters. The molecule has 2 rings (SSSR count). The summed E-state index contributed by atoms with van der Waals surface area (Å²) in [5, 5.41) is 3.69. The first-order valence-corrected chi connectivity index (χ1v) is 5.54. The molecule has 1 aromatic rings. The van der Waals surface area contributed by atoms with E-state index in [1.807, 2.05) is 0 Å². The van der Waals surface area contributed by atoms with Gasteiger partial charge in [-0.05, 0) is 31.2 Å². The lowest BCUT2D eigenvalue weighted by Gasteiger charge is -2.29. The van der Waals surface area contributed by atoms with Crippen molar-refractivity contribution in [1.29, 1.82) is 0 Å². The van der Waals surface area contributed by atoms with Gasteiger partial charge in [0.2, 0.25) is 0 Å². The van der Waals surface area contributed by atoms with Crippen LogP contribution in [0, 0.1) is 11.8 Å². The lowest BCUT2D eigenvalue weighted by atomic mass is 9.77. The summed E-state index contributed by atoms with van der Waals surface area (Å²) in [6.07, 6.45) is 5.69. The fourth-order valence-corrected chi connectivity index (χ4v) is 2.46. The molecule has 1 saturated carbocycles. The van der Waals surface area contributed by atoms with Gasteiger partial charge in [-0.25, -0.2) is 4.79 Å². The van der Waals surface area contributed by atoms with E-state index >= 15 is 0 Å². The molecule has 5 nitrogen and oxygen atoms in total. The Morgan fingerprint density at radius 3 is 2.73 bits per heavy atom. The monoisotopic (exact) mass is 211 g/mol. The average Bonchev–Trinajstić information content (AvgIpc) is 2.65.